The fourth-order valence-corrected chi connectivity index (χ4v) is 9.21. The Morgan fingerprint density at radius 2 is 0.966 bits per heavy atom. The van der Waals surface area contributed by atoms with Crippen molar-refractivity contribution in [2.45, 2.75) is 0 Å². The lowest BCUT2D eigenvalue weighted by Gasteiger charge is -2.26. The van der Waals surface area contributed by atoms with Crippen molar-refractivity contribution in [2.24, 2.45) is 0 Å². The van der Waals surface area contributed by atoms with Crippen LogP contribution >= 0.6 is 0 Å². The molecule has 276 valence electrons. The number of furan rings is 1. The second kappa shape index (κ2) is 13.4. The second-order valence-electron chi connectivity index (χ2n) is 15.3. The average molecular weight is 753 g/mol. The molecule has 0 saturated carbocycles. The zero-order valence-corrected chi connectivity index (χ0v) is 32.1. The molecule has 0 amide bonds. The summed E-state index contributed by atoms with van der Waals surface area (Å²) in [6.07, 6.45) is 0. The molecule has 10 aromatic carbocycles. The summed E-state index contributed by atoms with van der Waals surface area (Å²) in [5, 5.41) is 9.65. The third kappa shape index (κ3) is 5.44. The van der Waals surface area contributed by atoms with Crippen LogP contribution in [0.1, 0.15) is 0 Å². The number of rotatable bonds is 6. The van der Waals surface area contributed by atoms with Crippen molar-refractivity contribution in [3.63, 3.8) is 0 Å². The Morgan fingerprint density at radius 3 is 1.83 bits per heavy atom. The van der Waals surface area contributed by atoms with Gasteiger partial charge in [-0.3, -0.25) is 0 Å². The molecule has 59 heavy (non-hydrogen) atoms. The highest BCUT2D eigenvalue weighted by atomic mass is 16.3. The van der Waals surface area contributed by atoms with E-state index in [1.54, 1.807) is 0 Å². The van der Waals surface area contributed by atoms with Crippen molar-refractivity contribution >= 4 is 82.4 Å². The Bertz CT molecular complexity index is 3540. The second-order valence-corrected chi connectivity index (χ2v) is 15.3. The predicted molar refractivity (Wildman–Crippen MR) is 249 cm³/mol. The van der Waals surface area contributed by atoms with Gasteiger partial charge in [-0.2, -0.15) is 0 Å². The van der Waals surface area contributed by atoms with Crippen LogP contribution in [-0.2, 0) is 0 Å². The number of benzene rings is 10. The number of para-hydroxylation sites is 2. The van der Waals surface area contributed by atoms with Gasteiger partial charge in [0.2, 0.25) is 0 Å². The van der Waals surface area contributed by atoms with Crippen molar-refractivity contribution < 1.29 is 4.42 Å². The van der Waals surface area contributed by atoms with Crippen LogP contribution in [0, 0.1) is 0 Å². The molecular formula is C56H36N2O. The van der Waals surface area contributed by atoms with Gasteiger partial charge >= 0.3 is 0 Å². The van der Waals surface area contributed by atoms with Crippen LogP contribution in [0.3, 0.4) is 0 Å². The zero-order valence-electron chi connectivity index (χ0n) is 32.1. The summed E-state index contributed by atoms with van der Waals surface area (Å²) in [5.41, 5.74) is 13.1. The molecule has 0 radical (unpaired) electrons. The van der Waals surface area contributed by atoms with Crippen LogP contribution in [0.25, 0.3) is 93.2 Å². The van der Waals surface area contributed by atoms with Gasteiger partial charge in [0.25, 0.3) is 0 Å². The third-order valence-corrected chi connectivity index (χ3v) is 12.0. The highest BCUT2D eigenvalue weighted by Gasteiger charge is 2.20. The lowest BCUT2D eigenvalue weighted by Crippen LogP contribution is -2.10. The zero-order chi connectivity index (χ0) is 38.9. The summed E-state index contributed by atoms with van der Waals surface area (Å²) in [4.78, 5) is 2.38. The molecule has 0 bridgehead atoms. The maximum atomic E-state index is 6.60. The standard InChI is InChI=1S/C56H36N2O/c1-3-12-37(13-4-1)38-24-27-43(28-25-38)57(45-29-32-50-49-18-9-10-20-52(49)58(53(50)36-45)42-15-5-2-6-16-42)44-30-33-54-51(35-44)56-48(19-11-21-55(56)59-54)41-26-31-47-40(34-41)23-22-39-14-7-8-17-46(39)47/h1-36H. The van der Waals surface area contributed by atoms with Crippen molar-refractivity contribution in [1.29, 1.82) is 0 Å². The van der Waals surface area contributed by atoms with Gasteiger partial charge in [-0.1, -0.05) is 146 Å². The van der Waals surface area contributed by atoms with E-state index in [1.807, 2.05) is 0 Å². The molecule has 12 rings (SSSR count). The van der Waals surface area contributed by atoms with Gasteiger partial charge in [-0.25, -0.2) is 0 Å². The summed E-state index contributed by atoms with van der Waals surface area (Å²) in [7, 11) is 0. The summed E-state index contributed by atoms with van der Waals surface area (Å²) in [5.74, 6) is 0. The van der Waals surface area contributed by atoms with Crippen molar-refractivity contribution in [3.05, 3.63) is 218 Å². The summed E-state index contributed by atoms with van der Waals surface area (Å²) < 4.78 is 8.99. The minimum Gasteiger partial charge on any atom is -0.456 e. The van der Waals surface area contributed by atoms with Gasteiger partial charge in [-0.15, -0.1) is 0 Å². The molecule has 2 heterocycles. The molecule has 0 saturated heterocycles. The van der Waals surface area contributed by atoms with E-state index in [4.69, 9.17) is 4.42 Å². The number of aromatic nitrogens is 1. The van der Waals surface area contributed by atoms with Gasteiger partial charge in [-0.05, 0) is 117 Å². The number of hydrogen-bond donors (Lipinski definition) is 0. The molecule has 2 aromatic heterocycles. The third-order valence-electron chi connectivity index (χ3n) is 12.0. The van der Waals surface area contributed by atoms with Crippen LogP contribution in [0.4, 0.5) is 17.1 Å². The van der Waals surface area contributed by atoms with Crippen molar-refractivity contribution in [2.75, 3.05) is 4.90 Å². The van der Waals surface area contributed by atoms with E-state index in [0.717, 1.165) is 55.8 Å². The highest BCUT2D eigenvalue weighted by molar-refractivity contribution is 6.15. The first-order valence-electron chi connectivity index (χ1n) is 20.2. The minimum atomic E-state index is 0.863. The van der Waals surface area contributed by atoms with E-state index in [9.17, 15) is 0 Å². The molecule has 0 aliphatic rings. The Kier molecular flexibility index (Phi) is 7.54. The minimum absolute atomic E-state index is 0.863. The number of hydrogen-bond acceptors (Lipinski definition) is 2. The van der Waals surface area contributed by atoms with E-state index in [-0.39, 0.29) is 0 Å². The lowest BCUT2D eigenvalue weighted by molar-refractivity contribution is 0.669. The van der Waals surface area contributed by atoms with E-state index in [0.29, 0.717) is 0 Å². The highest BCUT2D eigenvalue weighted by Crippen LogP contribution is 2.44. The van der Waals surface area contributed by atoms with E-state index in [2.05, 4.69) is 228 Å². The largest absolute Gasteiger partial charge is 0.456 e. The lowest BCUT2D eigenvalue weighted by atomic mass is 9.95. The Morgan fingerprint density at radius 1 is 0.339 bits per heavy atom. The van der Waals surface area contributed by atoms with E-state index >= 15 is 0 Å². The molecule has 0 fully saturated rings. The summed E-state index contributed by atoms with van der Waals surface area (Å²) >= 11 is 0. The molecule has 0 aliphatic heterocycles. The fourth-order valence-electron chi connectivity index (χ4n) is 9.21. The average Bonchev–Trinajstić information content (AvgIpc) is 3.85. The Labute approximate surface area is 341 Å². The number of anilines is 3. The molecule has 0 aliphatic carbocycles. The van der Waals surface area contributed by atoms with E-state index < -0.39 is 0 Å². The maximum Gasteiger partial charge on any atom is 0.136 e. The van der Waals surface area contributed by atoms with Gasteiger partial charge in [0.15, 0.2) is 0 Å². The summed E-state index contributed by atoms with van der Waals surface area (Å²) in [6.45, 7) is 0. The van der Waals surface area contributed by atoms with E-state index in [1.165, 1.54) is 54.5 Å². The first-order chi connectivity index (χ1) is 29.2. The first kappa shape index (κ1) is 33.3. The smallest absolute Gasteiger partial charge is 0.136 e. The SMILES string of the molecule is c1ccc(-c2ccc(N(c3ccc4oc5cccc(-c6ccc7c(ccc8ccccc87)c6)c5c4c3)c3ccc4c5ccccc5n(-c5ccccc5)c4c3)cc2)cc1. The Hall–Kier alpha value is -7.88. The molecule has 12 aromatic rings. The van der Waals surface area contributed by atoms with Crippen LogP contribution in [0.5, 0.6) is 0 Å². The molecule has 0 unspecified atom stereocenters. The van der Waals surface area contributed by atoms with Crippen molar-refractivity contribution in [3.8, 4) is 27.9 Å². The topological polar surface area (TPSA) is 21.3 Å². The predicted octanol–water partition coefficient (Wildman–Crippen LogP) is 15.8. The van der Waals surface area contributed by atoms with Gasteiger partial charge in [0.1, 0.15) is 11.2 Å². The fraction of sp³-hybridized carbons (Fsp3) is 0. The quantitative estimate of drug-likeness (QED) is 0.158. The van der Waals surface area contributed by atoms with Crippen LogP contribution in [0.15, 0.2) is 223 Å². The Balaban J connectivity index is 1.06. The monoisotopic (exact) mass is 752 g/mol. The molecular weight excluding hydrogens is 717 g/mol. The van der Waals surface area contributed by atoms with Crippen LogP contribution in [0.2, 0.25) is 0 Å². The van der Waals surface area contributed by atoms with Crippen LogP contribution in [-0.4, -0.2) is 4.57 Å². The van der Waals surface area contributed by atoms with Crippen LogP contribution < -0.4 is 4.90 Å². The normalized spacial score (nSPS) is 11.7. The first-order valence-corrected chi connectivity index (χ1v) is 20.2. The van der Waals surface area contributed by atoms with Gasteiger partial charge < -0.3 is 13.9 Å². The molecule has 0 N–H and O–H groups in total. The molecule has 3 nitrogen and oxygen atoms in total. The van der Waals surface area contributed by atoms with Gasteiger partial charge in [0.05, 0.1) is 11.0 Å². The molecule has 0 spiro atoms. The van der Waals surface area contributed by atoms with Gasteiger partial charge in [0, 0.05) is 44.3 Å². The molecule has 0 atom stereocenters. The number of fused-ring (bicyclic) bond motifs is 9. The summed E-state index contributed by atoms with van der Waals surface area (Å²) in [6, 6.07) is 78.7. The van der Waals surface area contributed by atoms with Crippen molar-refractivity contribution in [1.82, 2.24) is 4.57 Å². The molecule has 3 heteroatoms. The number of nitrogens with zero attached hydrogens (tertiary/aromatic N) is 2. The maximum absolute atomic E-state index is 6.60.